The first-order chi connectivity index (χ1) is 9.61. The molecule has 0 saturated carbocycles. The second-order valence-corrected chi connectivity index (χ2v) is 6.17. The van der Waals surface area contributed by atoms with E-state index in [1.165, 1.54) is 5.56 Å². The number of hydrogen-bond donors (Lipinski definition) is 0. The van der Waals surface area contributed by atoms with E-state index >= 15 is 0 Å². The predicted octanol–water partition coefficient (Wildman–Crippen LogP) is 5.56. The highest BCUT2D eigenvalue weighted by Crippen LogP contribution is 2.30. The first-order valence-electron chi connectivity index (χ1n) is 6.93. The molecular formula is C17H20BrNO. The quantitative estimate of drug-likeness (QED) is 0.647. The Labute approximate surface area is 129 Å². The highest BCUT2D eigenvalue weighted by Gasteiger charge is 2.17. The second-order valence-electron chi connectivity index (χ2n) is 5.26. The van der Waals surface area contributed by atoms with Crippen molar-refractivity contribution in [3.05, 3.63) is 52.7 Å². The molecule has 3 heteroatoms. The van der Waals surface area contributed by atoms with Crippen molar-refractivity contribution >= 4 is 15.9 Å². The van der Waals surface area contributed by atoms with Crippen LogP contribution in [0.5, 0.6) is 0 Å². The van der Waals surface area contributed by atoms with Crippen molar-refractivity contribution in [2.45, 2.75) is 33.1 Å². The van der Waals surface area contributed by atoms with Gasteiger partial charge in [0.05, 0.1) is 5.69 Å². The lowest BCUT2D eigenvalue weighted by Crippen LogP contribution is -2.01. The van der Waals surface area contributed by atoms with Crippen molar-refractivity contribution in [2.75, 3.05) is 0 Å². The normalized spacial score (nSPS) is 12.3. The minimum Gasteiger partial charge on any atom is -0.356 e. The molecule has 20 heavy (non-hydrogen) atoms. The summed E-state index contributed by atoms with van der Waals surface area (Å²) >= 11 is 3.45. The van der Waals surface area contributed by atoms with Crippen molar-refractivity contribution in [3.63, 3.8) is 0 Å². The molecule has 0 spiro atoms. The molecule has 0 radical (unpaired) electrons. The monoisotopic (exact) mass is 333 g/mol. The SMILES string of the molecule is C=CCCC(C)Cc1c(C)noc1-c1ccc(Br)cc1. The third kappa shape index (κ3) is 3.60. The number of benzene rings is 1. The Balaban J connectivity index is 2.23. The predicted molar refractivity (Wildman–Crippen MR) is 86.7 cm³/mol. The Morgan fingerprint density at radius 3 is 2.70 bits per heavy atom. The van der Waals surface area contributed by atoms with Crippen LogP contribution in [0.1, 0.15) is 31.0 Å². The third-order valence-corrected chi connectivity index (χ3v) is 4.04. The number of allylic oxidation sites excluding steroid dienone is 1. The number of nitrogens with zero attached hydrogens (tertiary/aromatic N) is 1. The van der Waals surface area contributed by atoms with E-state index in [1.807, 2.05) is 25.1 Å². The zero-order valence-corrected chi connectivity index (χ0v) is 13.6. The van der Waals surface area contributed by atoms with Gasteiger partial charge in [0.25, 0.3) is 0 Å². The minimum atomic E-state index is 0.597. The van der Waals surface area contributed by atoms with E-state index < -0.39 is 0 Å². The number of hydrogen-bond acceptors (Lipinski definition) is 2. The largest absolute Gasteiger partial charge is 0.356 e. The summed E-state index contributed by atoms with van der Waals surface area (Å²) < 4.78 is 6.61. The van der Waals surface area contributed by atoms with Crippen LogP contribution in [0.4, 0.5) is 0 Å². The lowest BCUT2D eigenvalue weighted by atomic mass is 9.94. The van der Waals surface area contributed by atoms with E-state index in [2.05, 4.69) is 46.7 Å². The van der Waals surface area contributed by atoms with Crippen molar-refractivity contribution in [1.82, 2.24) is 5.16 Å². The van der Waals surface area contributed by atoms with E-state index in [9.17, 15) is 0 Å². The van der Waals surface area contributed by atoms with Gasteiger partial charge < -0.3 is 4.52 Å². The van der Waals surface area contributed by atoms with E-state index in [4.69, 9.17) is 4.52 Å². The molecule has 1 aromatic carbocycles. The van der Waals surface area contributed by atoms with Crippen LogP contribution in [-0.2, 0) is 6.42 Å². The molecule has 0 aliphatic heterocycles. The van der Waals surface area contributed by atoms with Gasteiger partial charge in [0, 0.05) is 15.6 Å². The van der Waals surface area contributed by atoms with Gasteiger partial charge in [-0.15, -0.1) is 6.58 Å². The number of aromatic nitrogens is 1. The van der Waals surface area contributed by atoms with Gasteiger partial charge in [-0.05, 0) is 44.2 Å². The van der Waals surface area contributed by atoms with E-state index in [0.717, 1.165) is 40.8 Å². The maximum atomic E-state index is 5.54. The summed E-state index contributed by atoms with van der Waals surface area (Å²) in [5.41, 5.74) is 3.30. The van der Waals surface area contributed by atoms with Crippen molar-refractivity contribution in [2.24, 2.45) is 5.92 Å². The van der Waals surface area contributed by atoms with Crippen LogP contribution >= 0.6 is 15.9 Å². The average Bonchev–Trinajstić information content (AvgIpc) is 2.79. The molecule has 0 saturated heterocycles. The number of rotatable bonds is 6. The van der Waals surface area contributed by atoms with Gasteiger partial charge in [0.1, 0.15) is 0 Å². The second kappa shape index (κ2) is 6.89. The molecule has 0 N–H and O–H groups in total. The number of aryl methyl sites for hydroxylation is 1. The Morgan fingerprint density at radius 2 is 2.05 bits per heavy atom. The molecule has 1 heterocycles. The molecule has 0 aliphatic carbocycles. The maximum absolute atomic E-state index is 5.54. The topological polar surface area (TPSA) is 26.0 Å². The lowest BCUT2D eigenvalue weighted by Gasteiger charge is -2.10. The summed E-state index contributed by atoms with van der Waals surface area (Å²) in [5.74, 6) is 1.50. The zero-order chi connectivity index (χ0) is 14.5. The Kier molecular flexibility index (Phi) is 5.18. The maximum Gasteiger partial charge on any atom is 0.170 e. The van der Waals surface area contributed by atoms with Gasteiger partial charge in [0.15, 0.2) is 5.76 Å². The van der Waals surface area contributed by atoms with Gasteiger partial charge in [0.2, 0.25) is 0 Å². The van der Waals surface area contributed by atoms with Crippen molar-refractivity contribution in [3.8, 4) is 11.3 Å². The highest BCUT2D eigenvalue weighted by molar-refractivity contribution is 9.10. The Hall–Kier alpha value is -1.35. The molecule has 1 aromatic heterocycles. The van der Waals surface area contributed by atoms with Crippen molar-refractivity contribution < 1.29 is 4.52 Å². The first kappa shape index (κ1) is 15.0. The van der Waals surface area contributed by atoms with E-state index in [-0.39, 0.29) is 0 Å². The molecule has 0 amide bonds. The molecule has 1 unspecified atom stereocenters. The summed E-state index contributed by atoms with van der Waals surface area (Å²) in [6.07, 6.45) is 5.17. The van der Waals surface area contributed by atoms with Crippen LogP contribution in [0.2, 0.25) is 0 Å². The van der Waals surface area contributed by atoms with Gasteiger partial charge in [-0.2, -0.15) is 0 Å². The minimum absolute atomic E-state index is 0.597. The van der Waals surface area contributed by atoms with Gasteiger partial charge in [-0.1, -0.05) is 46.2 Å². The molecule has 0 aliphatic rings. The summed E-state index contributed by atoms with van der Waals surface area (Å²) in [6.45, 7) is 8.07. The van der Waals surface area contributed by atoms with E-state index in [1.54, 1.807) is 0 Å². The molecule has 0 bridgehead atoms. The fourth-order valence-corrected chi connectivity index (χ4v) is 2.57. The fourth-order valence-electron chi connectivity index (χ4n) is 2.31. The third-order valence-electron chi connectivity index (χ3n) is 3.51. The summed E-state index contributed by atoms with van der Waals surface area (Å²) in [6, 6.07) is 8.17. The Bertz CT molecular complexity index is 571. The van der Waals surface area contributed by atoms with Crippen LogP contribution in [0.3, 0.4) is 0 Å². The molecular weight excluding hydrogens is 314 g/mol. The van der Waals surface area contributed by atoms with Crippen LogP contribution in [0, 0.1) is 12.8 Å². The highest BCUT2D eigenvalue weighted by atomic mass is 79.9. The van der Waals surface area contributed by atoms with Crippen LogP contribution in [0.25, 0.3) is 11.3 Å². The van der Waals surface area contributed by atoms with Gasteiger partial charge >= 0.3 is 0 Å². The summed E-state index contributed by atoms with van der Waals surface area (Å²) in [4.78, 5) is 0. The summed E-state index contributed by atoms with van der Waals surface area (Å²) in [7, 11) is 0. The molecule has 2 nitrogen and oxygen atoms in total. The molecule has 2 rings (SSSR count). The number of halogens is 1. The van der Waals surface area contributed by atoms with Gasteiger partial charge in [-0.3, -0.25) is 0 Å². The zero-order valence-electron chi connectivity index (χ0n) is 12.0. The van der Waals surface area contributed by atoms with E-state index in [0.29, 0.717) is 5.92 Å². The van der Waals surface area contributed by atoms with Crippen LogP contribution in [-0.4, -0.2) is 5.16 Å². The van der Waals surface area contributed by atoms with Gasteiger partial charge in [-0.25, -0.2) is 0 Å². The molecule has 2 aromatic rings. The average molecular weight is 334 g/mol. The first-order valence-corrected chi connectivity index (χ1v) is 7.73. The molecule has 1 atom stereocenters. The van der Waals surface area contributed by atoms with Crippen LogP contribution in [0.15, 0.2) is 45.9 Å². The molecule has 106 valence electrons. The van der Waals surface area contributed by atoms with Crippen LogP contribution < -0.4 is 0 Å². The summed E-state index contributed by atoms with van der Waals surface area (Å²) in [5, 5.41) is 4.14. The van der Waals surface area contributed by atoms with Crippen molar-refractivity contribution in [1.29, 1.82) is 0 Å². The smallest absolute Gasteiger partial charge is 0.170 e. The molecule has 0 fully saturated rings. The lowest BCUT2D eigenvalue weighted by molar-refractivity contribution is 0.426. The fraction of sp³-hybridized carbons (Fsp3) is 0.353. The Morgan fingerprint density at radius 1 is 1.35 bits per heavy atom. The standard InChI is InChI=1S/C17H20BrNO/c1-4-5-6-12(2)11-16-13(3)19-20-17(16)14-7-9-15(18)10-8-14/h4,7-10,12H,1,5-6,11H2,2-3H3.